The first kappa shape index (κ1) is 15.9. The van der Waals surface area contributed by atoms with Gasteiger partial charge in [0.1, 0.15) is 0 Å². The lowest BCUT2D eigenvalue weighted by Crippen LogP contribution is -2.60. The zero-order valence-electron chi connectivity index (χ0n) is 13.2. The second-order valence-corrected chi connectivity index (χ2v) is 7.00. The second kappa shape index (κ2) is 6.36. The van der Waals surface area contributed by atoms with Crippen molar-refractivity contribution in [2.24, 2.45) is 11.1 Å². The molecule has 1 rings (SSSR count). The predicted octanol–water partition coefficient (Wildman–Crippen LogP) is 2.16. The first-order chi connectivity index (χ1) is 8.27. The number of piperazine rings is 1. The van der Waals surface area contributed by atoms with Crippen molar-refractivity contribution in [2.75, 3.05) is 26.2 Å². The molecule has 3 nitrogen and oxygen atoms in total. The zero-order valence-corrected chi connectivity index (χ0v) is 13.2. The van der Waals surface area contributed by atoms with E-state index in [-0.39, 0.29) is 11.5 Å². The minimum atomic E-state index is 0.236. The molecule has 0 aromatic heterocycles. The molecular formula is C15H33N3. The normalized spacial score (nSPS) is 24.8. The Hall–Kier alpha value is -0.120. The Balaban J connectivity index is 2.60. The summed E-state index contributed by atoms with van der Waals surface area (Å²) in [7, 11) is 0. The monoisotopic (exact) mass is 255 g/mol. The van der Waals surface area contributed by atoms with Crippen molar-refractivity contribution in [1.82, 2.24) is 9.80 Å². The fraction of sp³-hybridized carbons (Fsp3) is 1.00. The highest BCUT2D eigenvalue weighted by Gasteiger charge is 2.35. The lowest BCUT2D eigenvalue weighted by molar-refractivity contribution is 0.0229. The van der Waals surface area contributed by atoms with Crippen LogP contribution in [-0.2, 0) is 0 Å². The number of hydrogen-bond acceptors (Lipinski definition) is 3. The summed E-state index contributed by atoms with van der Waals surface area (Å²) in [5.74, 6) is 0. The van der Waals surface area contributed by atoms with Crippen LogP contribution in [0.3, 0.4) is 0 Å². The first-order valence-corrected chi connectivity index (χ1v) is 7.51. The summed E-state index contributed by atoms with van der Waals surface area (Å²) in [4.78, 5) is 5.21. The zero-order chi connectivity index (χ0) is 13.9. The van der Waals surface area contributed by atoms with Gasteiger partial charge in [0.2, 0.25) is 0 Å². The average Bonchev–Trinajstić information content (AvgIpc) is 2.26. The third-order valence-electron chi connectivity index (χ3n) is 4.34. The van der Waals surface area contributed by atoms with Crippen LogP contribution in [0.5, 0.6) is 0 Å². The number of rotatable bonds is 4. The van der Waals surface area contributed by atoms with Crippen molar-refractivity contribution in [3.8, 4) is 0 Å². The Morgan fingerprint density at radius 1 is 1.00 bits per heavy atom. The van der Waals surface area contributed by atoms with Gasteiger partial charge in [-0.3, -0.25) is 9.80 Å². The molecule has 18 heavy (non-hydrogen) atoms. The number of hydrogen-bond donors (Lipinski definition) is 1. The molecule has 1 aliphatic heterocycles. The van der Waals surface area contributed by atoms with E-state index >= 15 is 0 Å². The largest absolute Gasteiger partial charge is 0.327 e. The van der Waals surface area contributed by atoms with Gasteiger partial charge in [0.15, 0.2) is 0 Å². The molecule has 0 aromatic carbocycles. The minimum Gasteiger partial charge on any atom is -0.327 e. The summed E-state index contributed by atoms with van der Waals surface area (Å²) in [6.45, 7) is 18.4. The highest BCUT2D eigenvalue weighted by molar-refractivity contribution is 4.91. The molecule has 2 N–H and O–H groups in total. The fourth-order valence-corrected chi connectivity index (χ4v) is 3.38. The summed E-state index contributed by atoms with van der Waals surface area (Å²) >= 11 is 0. The highest BCUT2D eigenvalue weighted by Crippen LogP contribution is 2.27. The maximum Gasteiger partial charge on any atom is 0.0293 e. The lowest BCUT2D eigenvalue weighted by atomic mass is 9.81. The van der Waals surface area contributed by atoms with Crippen molar-refractivity contribution in [3.05, 3.63) is 0 Å². The van der Waals surface area contributed by atoms with Crippen LogP contribution in [0, 0.1) is 5.41 Å². The van der Waals surface area contributed by atoms with E-state index in [1.807, 2.05) is 0 Å². The van der Waals surface area contributed by atoms with Gasteiger partial charge in [-0.15, -0.1) is 0 Å². The van der Waals surface area contributed by atoms with Gasteiger partial charge in [0.25, 0.3) is 0 Å². The summed E-state index contributed by atoms with van der Waals surface area (Å²) in [5, 5.41) is 0. The van der Waals surface area contributed by atoms with Crippen LogP contribution in [0.1, 0.15) is 48.0 Å². The topological polar surface area (TPSA) is 32.5 Å². The number of nitrogens with zero attached hydrogens (tertiary/aromatic N) is 2. The molecule has 0 aromatic rings. The first-order valence-electron chi connectivity index (χ1n) is 7.51. The van der Waals surface area contributed by atoms with Crippen LogP contribution in [0.4, 0.5) is 0 Å². The number of nitrogens with two attached hydrogens (primary N) is 1. The summed E-state index contributed by atoms with van der Waals surface area (Å²) in [6.07, 6.45) is 1.25. The van der Waals surface area contributed by atoms with Crippen LogP contribution in [0.15, 0.2) is 0 Å². The van der Waals surface area contributed by atoms with Crippen molar-refractivity contribution < 1.29 is 0 Å². The van der Waals surface area contributed by atoms with E-state index in [0.29, 0.717) is 6.04 Å². The SMILES string of the molecule is CCC(C)N1CCN(C(C(C)N)C(C)(C)C)CC1. The molecule has 3 heteroatoms. The van der Waals surface area contributed by atoms with Crippen LogP contribution in [0.2, 0.25) is 0 Å². The molecule has 1 heterocycles. The van der Waals surface area contributed by atoms with E-state index in [9.17, 15) is 0 Å². The van der Waals surface area contributed by atoms with Gasteiger partial charge in [-0.25, -0.2) is 0 Å². The molecule has 3 atom stereocenters. The minimum absolute atomic E-state index is 0.236. The van der Waals surface area contributed by atoms with Crippen LogP contribution in [0.25, 0.3) is 0 Å². The Morgan fingerprint density at radius 2 is 1.44 bits per heavy atom. The molecule has 1 fully saturated rings. The summed E-state index contributed by atoms with van der Waals surface area (Å²) in [6, 6.07) is 1.44. The van der Waals surface area contributed by atoms with Gasteiger partial charge in [-0.05, 0) is 25.7 Å². The molecule has 0 radical (unpaired) electrons. The van der Waals surface area contributed by atoms with Gasteiger partial charge < -0.3 is 5.73 Å². The van der Waals surface area contributed by atoms with Crippen molar-refractivity contribution in [1.29, 1.82) is 0 Å². The summed E-state index contributed by atoms with van der Waals surface area (Å²) < 4.78 is 0. The maximum absolute atomic E-state index is 6.22. The quantitative estimate of drug-likeness (QED) is 0.835. The molecule has 0 saturated carbocycles. The molecule has 0 bridgehead atoms. The lowest BCUT2D eigenvalue weighted by Gasteiger charge is -2.47. The van der Waals surface area contributed by atoms with Gasteiger partial charge in [0.05, 0.1) is 0 Å². The molecule has 0 spiro atoms. The smallest absolute Gasteiger partial charge is 0.0293 e. The van der Waals surface area contributed by atoms with Crippen LogP contribution >= 0.6 is 0 Å². The van der Waals surface area contributed by atoms with E-state index in [2.05, 4.69) is 51.3 Å². The average molecular weight is 255 g/mol. The third-order valence-corrected chi connectivity index (χ3v) is 4.34. The Labute approximate surface area is 114 Å². The molecule has 0 aliphatic carbocycles. The molecule has 0 amide bonds. The van der Waals surface area contributed by atoms with E-state index in [0.717, 1.165) is 19.1 Å². The van der Waals surface area contributed by atoms with Crippen LogP contribution in [-0.4, -0.2) is 54.1 Å². The standard InChI is InChI=1S/C15H33N3/c1-7-12(2)17-8-10-18(11-9-17)14(13(3)16)15(4,5)6/h12-14H,7-11,16H2,1-6H3. The molecule has 3 unspecified atom stereocenters. The van der Waals surface area contributed by atoms with Gasteiger partial charge in [0, 0.05) is 44.3 Å². The molecule has 1 aliphatic rings. The Kier molecular flexibility index (Phi) is 5.63. The fourth-order valence-electron chi connectivity index (χ4n) is 3.38. The summed E-state index contributed by atoms with van der Waals surface area (Å²) in [5.41, 5.74) is 6.48. The highest BCUT2D eigenvalue weighted by atomic mass is 15.3. The van der Waals surface area contributed by atoms with Crippen LogP contribution < -0.4 is 5.73 Å². The predicted molar refractivity (Wildman–Crippen MR) is 79.8 cm³/mol. The maximum atomic E-state index is 6.22. The van der Waals surface area contributed by atoms with Gasteiger partial charge in [-0.2, -0.15) is 0 Å². The van der Waals surface area contributed by atoms with E-state index < -0.39 is 0 Å². The van der Waals surface area contributed by atoms with Crippen molar-refractivity contribution in [3.63, 3.8) is 0 Å². The Bertz CT molecular complexity index is 237. The molecule has 108 valence electrons. The third kappa shape index (κ3) is 3.94. The van der Waals surface area contributed by atoms with E-state index in [1.54, 1.807) is 0 Å². The molecule has 1 saturated heterocycles. The van der Waals surface area contributed by atoms with E-state index in [4.69, 9.17) is 5.73 Å². The van der Waals surface area contributed by atoms with Crippen molar-refractivity contribution >= 4 is 0 Å². The molecular weight excluding hydrogens is 222 g/mol. The second-order valence-electron chi connectivity index (χ2n) is 7.00. The van der Waals surface area contributed by atoms with E-state index in [1.165, 1.54) is 19.5 Å². The van der Waals surface area contributed by atoms with Gasteiger partial charge in [-0.1, -0.05) is 27.7 Å². The van der Waals surface area contributed by atoms with Crippen molar-refractivity contribution in [2.45, 2.75) is 66.1 Å². The Morgan fingerprint density at radius 3 is 1.78 bits per heavy atom. The van der Waals surface area contributed by atoms with Gasteiger partial charge >= 0.3 is 0 Å².